The van der Waals surface area contributed by atoms with E-state index in [4.69, 9.17) is 10.5 Å². The number of ether oxygens (including phenoxy) is 1. The molecule has 0 fully saturated rings. The maximum absolute atomic E-state index is 13.6. The topological polar surface area (TPSA) is 52.3 Å². The van der Waals surface area contributed by atoms with E-state index in [9.17, 15) is 18.0 Å². The van der Waals surface area contributed by atoms with Crippen LogP contribution in [0, 0.1) is 17.5 Å². The minimum atomic E-state index is -1.27. The van der Waals surface area contributed by atoms with Gasteiger partial charge < -0.3 is 10.5 Å². The number of hydrogen-bond donors (Lipinski definition) is 1. The molecule has 0 aliphatic carbocycles. The summed E-state index contributed by atoms with van der Waals surface area (Å²) in [6, 6.07) is 4.93. The lowest BCUT2D eigenvalue weighted by atomic mass is 10.0. The summed E-state index contributed by atoms with van der Waals surface area (Å²) in [7, 11) is 1.29. The molecule has 0 atom stereocenters. The molecule has 6 heteroatoms. The second kappa shape index (κ2) is 5.24. The van der Waals surface area contributed by atoms with Crippen molar-refractivity contribution in [2.75, 3.05) is 12.8 Å². The van der Waals surface area contributed by atoms with Gasteiger partial charge in [0.1, 0.15) is 23.2 Å². The largest absolute Gasteiger partial charge is 0.496 e. The number of rotatable bonds is 3. The summed E-state index contributed by atoms with van der Waals surface area (Å²) in [5.74, 6) is -4.51. The molecule has 0 spiro atoms. The van der Waals surface area contributed by atoms with Crippen LogP contribution in [0.5, 0.6) is 5.75 Å². The molecule has 0 aromatic heterocycles. The van der Waals surface area contributed by atoms with Gasteiger partial charge in [-0.3, -0.25) is 4.79 Å². The summed E-state index contributed by atoms with van der Waals surface area (Å²) in [4.78, 5) is 12.2. The van der Waals surface area contributed by atoms with Gasteiger partial charge in [0.25, 0.3) is 0 Å². The van der Waals surface area contributed by atoms with Crippen molar-refractivity contribution >= 4 is 11.5 Å². The highest BCUT2D eigenvalue weighted by molar-refractivity contribution is 6.11. The highest BCUT2D eigenvalue weighted by Crippen LogP contribution is 2.26. The van der Waals surface area contributed by atoms with Gasteiger partial charge in [0.05, 0.1) is 18.2 Å². The Morgan fingerprint density at radius 3 is 2.25 bits per heavy atom. The van der Waals surface area contributed by atoms with E-state index in [0.29, 0.717) is 17.8 Å². The molecule has 0 unspecified atom stereocenters. The van der Waals surface area contributed by atoms with Gasteiger partial charge in [-0.05, 0) is 12.1 Å². The number of nitrogen functional groups attached to an aromatic ring is 1. The van der Waals surface area contributed by atoms with E-state index in [1.807, 2.05) is 0 Å². The molecule has 0 heterocycles. The fraction of sp³-hybridized carbons (Fsp3) is 0.0714. The standard InChI is InChI=1S/C14H10F3NO2/c1-20-12-6-8(18)2-3-9(12)14(19)13-10(16)4-7(15)5-11(13)17/h2-6H,18H2,1H3. The second-order valence-corrected chi connectivity index (χ2v) is 4.03. The average Bonchev–Trinajstić information content (AvgIpc) is 2.37. The van der Waals surface area contributed by atoms with Gasteiger partial charge in [-0.2, -0.15) is 0 Å². The number of nitrogens with two attached hydrogens (primary N) is 1. The fourth-order valence-electron chi connectivity index (χ4n) is 1.79. The lowest BCUT2D eigenvalue weighted by molar-refractivity contribution is 0.102. The van der Waals surface area contributed by atoms with Crippen LogP contribution < -0.4 is 10.5 Å². The zero-order valence-electron chi connectivity index (χ0n) is 10.4. The van der Waals surface area contributed by atoms with Crippen molar-refractivity contribution in [3.8, 4) is 5.75 Å². The van der Waals surface area contributed by atoms with E-state index in [1.165, 1.54) is 25.3 Å². The predicted molar refractivity (Wildman–Crippen MR) is 67.2 cm³/mol. The van der Waals surface area contributed by atoms with Crippen LogP contribution in [0.25, 0.3) is 0 Å². The molecular weight excluding hydrogens is 271 g/mol. The Labute approximate surface area is 112 Å². The van der Waals surface area contributed by atoms with Crippen molar-refractivity contribution in [1.29, 1.82) is 0 Å². The first-order valence-electron chi connectivity index (χ1n) is 5.56. The Bertz CT molecular complexity index is 663. The van der Waals surface area contributed by atoms with Gasteiger partial charge in [-0.1, -0.05) is 0 Å². The summed E-state index contributed by atoms with van der Waals surface area (Å²) >= 11 is 0. The van der Waals surface area contributed by atoms with E-state index < -0.39 is 28.8 Å². The lowest BCUT2D eigenvalue weighted by Gasteiger charge is -2.09. The summed E-state index contributed by atoms with van der Waals surface area (Å²) < 4.78 is 45.0. The van der Waals surface area contributed by atoms with E-state index in [0.717, 1.165) is 0 Å². The Balaban J connectivity index is 2.58. The number of benzene rings is 2. The summed E-state index contributed by atoms with van der Waals surface area (Å²) in [5.41, 5.74) is 4.96. The molecule has 2 rings (SSSR count). The number of halogens is 3. The minimum Gasteiger partial charge on any atom is -0.496 e. The van der Waals surface area contributed by atoms with Gasteiger partial charge in [-0.15, -0.1) is 0 Å². The number of carbonyl (C=O) groups is 1. The molecular formula is C14H10F3NO2. The Kier molecular flexibility index (Phi) is 3.65. The normalized spacial score (nSPS) is 10.4. The maximum atomic E-state index is 13.6. The molecule has 3 nitrogen and oxygen atoms in total. The van der Waals surface area contributed by atoms with Gasteiger partial charge in [0.2, 0.25) is 5.78 Å². The van der Waals surface area contributed by atoms with Gasteiger partial charge >= 0.3 is 0 Å². The molecule has 0 saturated heterocycles. The number of ketones is 1. The molecule has 0 saturated carbocycles. The lowest BCUT2D eigenvalue weighted by Crippen LogP contribution is -2.10. The minimum absolute atomic E-state index is 0.0638. The predicted octanol–water partition coefficient (Wildman–Crippen LogP) is 2.93. The first-order chi connectivity index (χ1) is 9.43. The van der Waals surface area contributed by atoms with Crippen LogP contribution in [-0.2, 0) is 0 Å². The van der Waals surface area contributed by atoms with Crippen LogP contribution in [0.4, 0.5) is 18.9 Å². The van der Waals surface area contributed by atoms with Crippen LogP contribution in [0.1, 0.15) is 15.9 Å². The first-order valence-corrected chi connectivity index (χ1v) is 5.56. The fourth-order valence-corrected chi connectivity index (χ4v) is 1.79. The average molecular weight is 281 g/mol. The Hall–Kier alpha value is -2.50. The number of methoxy groups -OCH3 is 1. The van der Waals surface area contributed by atoms with Crippen LogP contribution in [0.2, 0.25) is 0 Å². The van der Waals surface area contributed by atoms with Crippen molar-refractivity contribution in [2.24, 2.45) is 0 Å². The Morgan fingerprint density at radius 2 is 1.70 bits per heavy atom. The van der Waals surface area contributed by atoms with Crippen molar-refractivity contribution in [3.05, 3.63) is 58.9 Å². The smallest absolute Gasteiger partial charge is 0.202 e. The second-order valence-electron chi connectivity index (χ2n) is 4.03. The molecule has 2 aromatic rings. The number of anilines is 1. The molecule has 0 radical (unpaired) electrons. The van der Waals surface area contributed by atoms with E-state index in [-0.39, 0.29) is 11.3 Å². The van der Waals surface area contributed by atoms with E-state index in [2.05, 4.69) is 0 Å². The third-order valence-electron chi connectivity index (χ3n) is 2.70. The third kappa shape index (κ3) is 2.45. The molecule has 2 N–H and O–H groups in total. The third-order valence-corrected chi connectivity index (χ3v) is 2.70. The molecule has 0 bridgehead atoms. The molecule has 20 heavy (non-hydrogen) atoms. The van der Waals surface area contributed by atoms with Gasteiger partial charge in [0.15, 0.2) is 0 Å². The van der Waals surface area contributed by atoms with E-state index >= 15 is 0 Å². The number of carbonyl (C=O) groups excluding carboxylic acids is 1. The van der Waals surface area contributed by atoms with Crippen LogP contribution in [0.15, 0.2) is 30.3 Å². The zero-order chi connectivity index (χ0) is 14.9. The molecule has 104 valence electrons. The first kappa shape index (κ1) is 13.9. The monoisotopic (exact) mass is 281 g/mol. The van der Waals surface area contributed by atoms with Crippen LogP contribution in [0.3, 0.4) is 0 Å². The zero-order valence-corrected chi connectivity index (χ0v) is 10.4. The summed E-state index contributed by atoms with van der Waals surface area (Å²) in [6.07, 6.45) is 0. The van der Waals surface area contributed by atoms with Gasteiger partial charge in [0, 0.05) is 23.9 Å². The van der Waals surface area contributed by atoms with E-state index in [1.54, 1.807) is 0 Å². The quantitative estimate of drug-likeness (QED) is 0.695. The van der Waals surface area contributed by atoms with Crippen molar-refractivity contribution in [3.63, 3.8) is 0 Å². The summed E-state index contributed by atoms with van der Waals surface area (Å²) in [5, 5.41) is 0. The van der Waals surface area contributed by atoms with Crippen molar-refractivity contribution < 1.29 is 22.7 Å². The SMILES string of the molecule is COc1cc(N)ccc1C(=O)c1c(F)cc(F)cc1F. The highest BCUT2D eigenvalue weighted by atomic mass is 19.1. The van der Waals surface area contributed by atoms with Crippen molar-refractivity contribution in [2.45, 2.75) is 0 Å². The van der Waals surface area contributed by atoms with Gasteiger partial charge in [-0.25, -0.2) is 13.2 Å². The maximum Gasteiger partial charge on any atom is 0.202 e. The number of hydrogen-bond acceptors (Lipinski definition) is 3. The molecule has 0 aliphatic heterocycles. The molecule has 2 aromatic carbocycles. The van der Waals surface area contributed by atoms with Crippen LogP contribution in [-0.4, -0.2) is 12.9 Å². The summed E-state index contributed by atoms with van der Waals surface area (Å²) in [6.45, 7) is 0. The molecule has 0 amide bonds. The molecule has 0 aliphatic rings. The highest BCUT2D eigenvalue weighted by Gasteiger charge is 2.23. The van der Waals surface area contributed by atoms with Crippen molar-refractivity contribution in [1.82, 2.24) is 0 Å². The van der Waals surface area contributed by atoms with Crippen LogP contribution >= 0.6 is 0 Å². The Morgan fingerprint density at radius 1 is 1.10 bits per heavy atom.